The molecule has 0 aliphatic rings. The first-order valence-electron chi connectivity index (χ1n) is 5.96. The number of aromatic nitrogens is 2. The molecular formula is C14H9FN2O2S2. The Kier molecular flexibility index (Phi) is 3.60. The van der Waals surface area contributed by atoms with Gasteiger partial charge in [-0.1, -0.05) is 11.8 Å². The number of fused-ring (bicyclic) bond motifs is 1. The second-order valence-corrected chi connectivity index (χ2v) is 6.57. The van der Waals surface area contributed by atoms with Crippen molar-refractivity contribution in [1.29, 1.82) is 0 Å². The first kappa shape index (κ1) is 14.0. The summed E-state index contributed by atoms with van der Waals surface area (Å²) in [5.41, 5.74) is 0.0469. The lowest BCUT2D eigenvalue weighted by Gasteiger charge is -2.04. The van der Waals surface area contributed by atoms with E-state index in [2.05, 4.69) is 9.97 Å². The van der Waals surface area contributed by atoms with Gasteiger partial charge in [-0.05, 0) is 31.2 Å². The van der Waals surface area contributed by atoms with Crippen LogP contribution in [0.25, 0.3) is 10.2 Å². The third-order valence-corrected chi connectivity index (χ3v) is 4.81. The SMILES string of the molecule is Cc1cc2c(Sc3cc(C(=O)O)ccc3F)ncnc2s1. The second-order valence-electron chi connectivity index (χ2n) is 4.31. The van der Waals surface area contributed by atoms with Gasteiger partial charge in [0, 0.05) is 10.3 Å². The zero-order valence-corrected chi connectivity index (χ0v) is 12.5. The summed E-state index contributed by atoms with van der Waals surface area (Å²) in [6, 6.07) is 5.66. The largest absolute Gasteiger partial charge is 0.478 e. The third kappa shape index (κ3) is 2.74. The summed E-state index contributed by atoms with van der Waals surface area (Å²) in [5.74, 6) is -1.56. The van der Waals surface area contributed by atoms with Crippen LogP contribution in [0.2, 0.25) is 0 Å². The van der Waals surface area contributed by atoms with Gasteiger partial charge in [0.05, 0.1) is 10.5 Å². The first-order chi connectivity index (χ1) is 10.0. The van der Waals surface area contributed by atoms with Gasteiger partial charge in [-0.2, -0.15) is 0 Å². The van der Waals surface area contributed by atoms with Gasteiger partial charge in [-0.3, -0.25) is 0 Å². The first-order valence-corrected chi connectivity index (χ1v) is 7.60. The van der Waals surface area contributed by atoms with E-state index < -0.39 is 11.8 Å². The molecule has 0 bridgehead atoms. The Labute approximate surface area is 127 Å². The number of hydrogen-bond donors (Lipinski definition) is 1. The monoisotopic (exact) mass is 320 g/mol. The minimum atomic E-state index is -1.09. The van der Waals surface area contributed by atoms with Gasteiger partial charge in [0.25, 0.3) is 0 Å². The number of aromatic carboxylic acids is 1. The van der Waals surface area contributed by atoms with Crippen LogP contribution in [0.15, 0.2) is 40.5 Å². The van der Waals surface area contributed by atoms with Crippen LogP contribution in [0, 0.1) is 12.7 Å². The molecule has 0 unspecified atom stereocenters. The fraction of sp³-hybridized carbons (Fsp3) is 0.0714. The van der Waals surface area contributed by atoms with Crippen molar-refractivity contribution in [3.05, 3.63) is 46.9 Å². The van der Waals surface area contributed by atoms with E-state index in [1.807, 2.05) is 13.0 Å². The molecule has 0 aliphatic heterocycles. The van der Waals surface area contributed by atoms with Crippen LogP contribution in [-0.4, -0.2) is 21.0 Å². The Morgan fingerprint density at radius 3 is 2.90 bits per heavy atom. The number of rotatable bonds is 3. The van der Waals surface area contributed by atoms with Crippen LogP contribution in [-0.2, 0) is 0 Å². The summed E-state index contributed by atoms with van der Waals surface area (Å²) in [6.07, 6.45) is 1.43. The highest BCUT2D eigenvalue weighted by Gasteiger charge is 2.13. The number of thiophene rings is 1. The Bertz CT molecular complexity index is 848. The van der Waals surface area contributed by atoms with E-state index in [0.717, 1.165) is 32.9 Å². The summed E-state index contributed by atoms with van der Waals surface area (Å²) in [5, 5.41) is 10.5. The number of carboxylic acids is 1. The summed E-state index contributed by atoms with van der Waals surface area (Å²) in [4.78, 5) is 21.5. The van der Waals surface area contributed by atoms with E-state index in [1.54, 1.807) is 0 Å². The van der Waals surface area contributed by atoms with Crippen molar-refractivity contribution in [2.24, 2.45) is 0 Å². The highest BCUT2D eigenvalue weighted by molar-refractivity contribution is 7.99. The summed E-state index contributed by atoms with van der Waals surface area (Å²) in [7, 11) is 0. The van der Waals surface area contributed by atoms with Gasteiger partial charge in [0.2, 0.25) is 0 Å². The van der Waals surface area contributed by atoms with Crippen LogP contribution >= 0.6 is 23.1 Å². The van der Waals surface area contributed by atoms with E-state index in [-0.39, 0.29) is 10.5 Å². The van der Waals surface area contributed by atoms with Gasteiger partial charge in [0.1, 0.15) is 22.0 Å². The fourth-order valence-corrected chi connectivity index (χ4v) is 3.69. The zero-order chi connectivity index (χ0) is 15.0. The molecular weight excluding hydrogens is 311 g/mol. The number of benzene rings is 1. The van der Waals surface area contributed by atoms with Gasteiger partial charge in [0.15, 0.2) is 0 Å². The van der Waals surface area contributed by atoms with Gasteiger partial charge in [-0.15, -0.1) is 11.3 Å². The van der Waals surface area contributed by atoms with Crippen molar-refractivity contribution in [3.8, 4) is 0 Å². The number of carboxylic acid groups (broad SMARTS) is 1. The minimum Gasteiger partial charge on any atom is -0.478 e. The Balaban J connectivity index is 2.06. The van der Waals surface area contributed by atoms with Crippen molar-refractivity contribution >= 4 is 39.3 Å². The molecule has 0 spiro atoms. The maximum absolute atomic E-state index is 13.9. The number of halogens is 1. The molecule has 1 aromatic carbocycles. The highest BCUT2D eigenvalue weighted by atomic mass is 32.2. The molecule has 0 atom stereocenters. The summed E-state index contributed by atoms with van der Waals surface area (Å²) < 4.78 is 13.9. The van der Waals surface area contributed by atoms with Crippen molar-refractivity contribution < 1.29 is 14.3 Å². The summed E-state index contributed by atoms with van der Waals surface area (Å²) >= 11 is 2.64. The average molecular weight is 320 g/mol. The van der Waals surface area contributed by atoms with Crippen LogP contribution in [0.3, 0.4) is 0 Å². The highest BCUT2D eigenvalue weighted by Crippen LogP contribution is 2.35. The molecule has 7 heteroatoms. The van der Waals surface area contributed by atoms with Crippen LogP contribution in [0.4, 0.5) is 4.39 Å². The Morgan fingerprint density at radius 2 is 2.14 bits per heavy atom. The summed E-state index contributed by atoms with van der Waals surface area (Å²) in [6.45, 7) is 1.96. The predicted octanol–water partition coefficient (Wildman–Crippen LogP) is 3.99. The molecule has 3 rings (SSSR count). The van der Waals surface area contributed by atoms with E-state index in [4.69, 9.17) is 5.11 Å². The topological polar surface area (TPSA) is 63.1 Å². The van der Waals surface area contributed by atoms with Crippen molar-refractivity contribution in [2.75, 3.05) is 0 Å². The average Bonchev–Trinajstić information content (AvgIpc) is 2.82. The lowest BCUT2D eigenvalue weighted by molar-refractivity contribution is 0.0696. The lowest BCUT2D eigenvalue weighted by Crippen LogP contribution is -1.97. The molecule has 1 N–H and O–H groups in total. The maximum atomic E-state index is 13.9. The van der Waals surface area contributed by atoms with Crippen LogP contribution < -0.4 is 0 Å². The molecule has 0 amide bonds. The number of hydrogen-bond acceptors (Lipinski definition) is 5. The molecule has 2 heterocycles. The molecule has 4 nitrogen and oxygen atoms in total. The quantitative estimate of drug-likeness (QED) is 0.739. The zero-order valence-electron chi connectivity index (χ0n) is 10.8. The van der Waals surface area contributed by atoms with E-state index in [9.17, 15) is 9.18 Å². The molecule has 0 saturated carbocycles. The van der Waals surface area contributed by atoms with Crippen LogP contribution in [0.5, 0.6) is 0 Å². The predicted molar refractivity (Wildman–Crippen MR) is 79.6 cm³/mol. The molecule has 0 saturated heterocycles. The second kappa shape index (κ2) is 5.42. The normalized spacial score (nSPS) is 11.0. The Hall–Kier alpha value is -1.99. The fourth-order valence-electron chi connectivity index (χ4n) is 1.85. The van der Waals surface area contributed by atoms with E-state index >= 15 is 0 Å². The maximum Gasteiger partial charge on any atom is 0.335 e. The smallest absolute Gasteiger partial charge is 0.335 e. The van der Waals surface area contributed by atoms with Gasteiger partial charge < -0.3 is 5.11 Å². The molecule has 106 valence electrons. The molecule has 3 aromatic rings. The Morgan fingerprint density at radius 1 is 1.33 bits per heavy atom. The van der Waals surface area contributed by atoms with E-state index in [1.165, 1.54) is 29.8 Å². The third-order valence-electron chi connectivity index (χ3n) is 2.80. The minimum absolute atomic E-state index is 0.0469. The molecule has 0 fully saturated rings. The number of aryl methyl sites for hydroxylation is 1. The van der Waals surface area contributed by atoms with Crippen molar-refractivity contribution in [3.63, 3.8) is 0 Å². The van der Waals surface area contributed by atoms with Gasteiger partial charge >= 0.3 is 5.97 Å². The van der Waals surface area contributed by atoms with Crippen LogP contribution in [0.1, 0.15) is 15.2 Å². The molecule has 0 radical (unpaired) electrons. The van der Waals surface area contributed by atoms with Crippen molar-refractivity contribution in [2.45, 2.75) is 16.8 Å². The molecule has 2 aromatic heterocycles. The van der Waals surface area contributed by atoms with E-state index in [0.29, 0.717) is 5.03 Å². The van der Waals surface area contributed by atoms with Gasteiger partial charge in [-0.25, -0.2) is 19.2 Å². The number of nitrogens with zero attached hydrogens (tertiary/aromatic N) is 2. The molecule has 0 aliphatic carbocycles. The number of carbonyl (C=O) groups is 1. The molecule has 21 heavy (non-hydrogen) atoms. The lowest BCUT2D eigenvalue weighted by atomic mass is 10.2. The standard InChI is InChI=1S/C14H9FN2O2S2/c1-7-4-9-12(20-7)16-6-17-13(9)21-11-5-8(14(18)19)2-3-10(11)15/h2-6H,1H3,(H,18,19). The van der Waals surface area contributed by atoms with Crippen molar-refractivity contribution in [1.82, 2.24) is 9.97 Å².